The first-order valence-electron chi connectivity index (χ1n) is 12.3. The standard InChI is InChI=1S/C29H32ClN5O3/c1-28(2,3)27(37)32-15-18-10-12-22(30)20(14-18)26(36)34-23-8-7-9-24-21(23)17-33-35(24)19-11-13-25(31-16-19)29(4,5)38-6/h7-14,16-17H,15H2,1-6H3,(H,32,37)(H,34,36). The summed E-state index contributed by atoms with van der Waals surface area (Å²) >= 11 is 6.37. The normalized spacial score (nSPS) is 12.0. The fourth-order valence-electron chi connectivity index (χ4n) is 3.83. The molecule has 198 valence electrons. The highest BCUT2D eigenvalue weighted by Crippen LogP contribution is 2.28. The van der Waals surface area contributed by atoms with Crippen LogP contribution in [0.4, 0.5) is 5.69 Å². The van der Waals surface area contributed by atoms with Crippen molar-refractivity contribution in [2.24, 2.45) is 5.41 Å². The molecule has 0 unspecified atom stereocenters. The lowest BCUT2D eigenvalue weighted by Crippen LogP contribution is -2.34. The Hall–Kier alpha value is -3.75. The van der Waals surface area contributed by atoms with E-state index in [2.05, 4.69) is 20.7 Å². The topological polar surface area (TPSA) is 98.1 Å². The van der Waals surface area contributed by atoms with Gasteiger partial charge in [-0.2, -0.15) is 5.10 Å². The number of nitrogens with zero attached hydrogens (tertiary/aromatic N) is 3. The predicted octanol–water partition coefficient (Wildman–Crippen LogP) is 5.87. The van der Waals surface area contributed by atoms with Crippen molar-refractivity contribution in [1.29, 1.82) is 0 Å². The van der Waals surface area contributed by atoms with Gasteiger partial charge in [0.15, 0.2) is 0 Å². The van der Waals surface area contributed by atoms with Crippen LogP contribution in [0, 0.1) is 5.41 Å². The van der Waals surface area contributed by atoms with Crippen LogP contribution in [-0.4, -0.2) is 33.7 Å². The average Bonchev–Trinajstić information content (AvgIpc) is 3.32. The second kappa shape index (κ2) is 10.6. The van der Waals surface area contributed by atoms with Crippen LogP contribution in [-0.2, 0) is 21.7 Å². The molecule has 2 amide bonds. The molecule has 2 aromatic heterocycles. The monoisotopic (exact) mass is 533 g/mol. The first-order chi connectivity index (χ1) is 17.9. The molecule has 0 radical (unpaired) electrons. The first kappa shape index (κ1) is 27.3. The third kappa shape index (κ3) is 5.71. The number of amides is 2. The summed E-state index contributed by atoms with van der Waals surface area (Å²) in [6.45, 7) is 9.75. The fourth-order valence-corrected chi connectivity index (χ4v) is 4.03. The summed E-state index contributed by atoms with van der Waals surface area (Å²) in [6.07, 6.45) is 3.45. The maximum atomic E-state index is 13.2. The lowest BCUT2D eigenvalue weighted by Gasteiger charge is -2.22. The van der Waals surface area contributed by atoms with Gasteiger partial charge in [0.1, 0.15) is 5.60 Å². The van der Waals surface area contributed by atoms with Crippen molar-refractivity contribution >= 4 is 40.0 Å². The molecule has 0 atom stereocenters. The minimum atomic E-state index is -0.506. The van der Waals surface area contributed by atoms with Gasteiger partial charge in [-0.05, 0) is 55.8 Å². The number of aromatic nitrogens is 3. The molecule has 0 saturated heterocycles. The summed E-state index contributed by atoms with van der Waals surface area (Å²) < 4.78 is 7.28. The van der Waals surface area contributed by atoms with E-state index in [0.29, 0.717) is 22.8 Å². The molecule has 0 aliphatic carbocycles. The molecule has 0 saturated carbocycles. The Morgan fingerprint density at radius 2 is 1.79 bits per heavy atom. The Balaban J connectivity index is 1.57. The molecule has 0 bridgehead atoms. The fraction of sp³-hybridized carbons (Fsp3) is 0.310. The van der Waals surface area contributed by atoms with Crippen LogP contribution in [0.25, 0.3) is 16.6 Å². The lowest BCUT2D eigenvalue weighted by molar-refractivity contribution is -0.128. The van der Waals surface area contributed by atoms with E-state index in [9.17, 15) is 9.59 Å². The van der Waals surface area contributed by atoms with Gasteiger partial charge in [-0.15, -0.1) is 0 Å². The predicted molar refractivity (Wildman–Crippen MR) is 150 cm³/mol. The summed E-state index contributed by atoms with van der Waals surface area (Å²) in [5.41, 5.74) is 3.10. The largest absolute Gasteiger partial charge is 0.373 e. The zero-order chi connectivity index (χ0) is 27.7. The average molecular weight is 534 g/mol. The summed E-state index contributed by atoms with van der Waals surface area (Å²) in [5.74, 6) is -0.429. The molecule has 2 aromatic carbocycles. The molecule has 8 nitrogen and oxygen atoms in total. The number of ether oxygens (including phenoxy) is 1. The molecule has 2 N–H and O–H groups in total. The van der Waals surface area contributed by atoms with Crippen molar-refractivity contribution in [3.63, 3.8) is 0 Å². The number of nitrogens with one attached hydrogen (secondary N) is 2. The molecular weight excluding hydrogens is 502 g/mol. The van der Waals surface area contributed by atoms with Gasteiger partial charge >= 0.3 is 0 Å². The quantitative estimate of drug-likeness (QED) is 0.309. The number of carbonyl (C=O) groups is 2. The van der Waals surface area contributed by atoms with Crippen LogP contribution in [0.2, 0.25) is 5.02 Å². The van der Waals surface area contributed by atoms with Crippen LogP contribution in [0.1, 0.15) is 56.2 Å². The van der Waals surface area contributed by atoms with Crippen LogP contribution >= 0.6 is 11.6 Å². The van der Waals surface area contributed by atoms with E-state index in [0.717, 1.165) is 27.8 Å². The number of hydrogen-bond acceptors (Lipinski definition) is 5. The zero-order valence-electron chi connectivity index (χ0n) is 22.4. The number of benzene rings is 2. The Morgan fingerprint density at radius 1 is 1.03 bits per heavy atom. The molecule has 2 heterocycles. The maximum Gasteiger partial charge on any atom is 0.257 e. The minimum absolute atomic E-state index is 0.0746. The van der Waals surface area contributed by atoms with Gasteiger partial charge < -0.3 is 15.4 Å². The van der Waals surface area contributed by atoms with Crippen LogP contribution in [0.3, 0.4) is 0 Å². The van der Waals surface area contributed by atoms with Crippen molar-refractivity contribution < 1.29 is 14.3 Å². The summed E-state index contributed by atoms with van der Waals surface area (Å²) in [6, 6.07) is 14.6. The van der Waals surface area contributed by atoms with Gasteiger partial charge in [0.05, 0.1) is 45.6 Å². The number of carbonyl (C=O) groups excluding carboxylic acids is 2. The van der Waals surface area contributed by atoms with Crippen molar-refractivity contribution in [2.75, 3.05) is 12.4 Å². The van der Waals surface area contributed by atoms with Gasteiger partial charge in [0.25, 0.3) is 5.91 Å². The van der Waals surface area contributed by atoms with E-state index < -0.39 is 11.0 Å². The molecular formula is C29H32ClN5O3. The highest BCUT2D eigenvalue weighted by Gasteiger charge is 2.22. The Bertz CT molecular complexity index is 1490. The number of fused-ring (bicyclic) bond motifs is 1. The molecule has 4 rings (SSSR count). The minimum Gasteiger partial charge on any atom is -0.373 e. The van der Waals surface area contributed by atoms with Gasteiger partial charge in [0.2, 0.25) is 5.91 Å². The second-order valence-corrected chi connectivity index (χ2v) is 11.0. The van der Waals surface area contributed by atoms with E-state index in [-0.39, 0.29) is 11.8 Å². The van der Waals surface area contributed by atoms with E-state index in [1.807, 2.05) is 65.0 Å². The number of pyridine rings is 1. The van der Waals surface area contributed by atoms with Gasteiger partial charge in [0, 0.05) is 24.5 Å². The SMILES string of the molecule is COC(C)(C)c1ccc(-n2ncc3c(NC(=O)c4cc(CNC(=O)C(C)(C)C)ccc4Cl)cccc32)cn1. The highest BCUT2D eigenvalue weighted by atomic mass is 35.5. The van der Waals surface area contributed by atoms with Gasteiger partial charge in [-0.25, -0.2) is 4.68 Å². The number of halogens is 1. The number of hydrogen-bond donors (Lipinski definition) is 2. The van der Waals surface area contributed by atoms with Crippen molar-refractivity contribution in [1.82, 2.24) is 20.1 Å². The molecule has 4 aromatic rings. The van der Waals surface area contributed by atoms with Crippen LogP contribution in [0.15, 0.2) is 60.9 Å². The molecule has 38 heavy (non-hydrogen) atoms. The Labute approximate surface area is 227 Å². The van der Waals surface area contributed by atoms with E-state index >= 15 is 0 Å². The number of methoxy groups -OCH3 is 1. The van der Waals surface area contributed by atoms with Crippen molar-refractivity contribution in [3.05, 3.63) is 82.8 Å². The van der Waals surface area contributed by atoms with Gasteiger partial charge in [-0.1, -0.05) is 44.5 Å². The molecule has 0 aliphatic heterocycles. The number of rotatable bonds is 7. The van der Waals surface area contributed by atoms with Gasteiger partial charge in [-0.3, -0.25) is 14.6 Å². The molecule has 0 aliphatic rings. The van der Waals surface area contributed by atoms with Crippen LogP contribution in [0.5, 0.6) is 0 Å². The van der Waals surface area contributed by atoms with Crippen LogP contribution < -0.4 is 10.6 Å². The molecule has 0 spiro atoms. The summed E-state index contributed by atoms with van der Waals surface area (Å²) in [5, 5.41) is 11.5. The van der Waals surface area contributed by atoms with E-state index in [4.69, 9.17) is 16.3 Å². The van der Waals surface area contributed by atoms with Crippen molar-refractivity contribution in [2.45, 2.75) is 46.8 Å². The maximum absolute atomic E-state index is 13.2. The summed E-state index contributed by atoms with van der Waals surface area (Å²) in [4.78, 5) is 30.0. The third-order valence-corrected chi connectivity index (χ3v) is 6.72. The summed E-state index contributed by atoms with van der Waals surface area (Å²) in [7, 11) is 1.65. The zero-order valence-corrected chi connectivity index (χ0v) is 23.2. The Morgan fingerprint density at radius 3 is 2.45 bits per heavy atom. The first-order valence-corrected chi connectivity index (χ1v) is 12.7. The third-order valence-electron chi connectivity index (χ3n) is 6.39. The second-order valence-electron chi connectivity index (χ2n) is 10.6. The van der Waals surface area contributed by atoms with E-state index in [1.165, 1.54) is 0 Å². The lowest BCUT2D eigenvalue weighted by atomic mass is 9.95. The Kier molecular flexibility index (Phi) is 7.58. The highest BCUT2D eigenvalue weighted by molar-refractivity contribution is 6.34. The molecule has 9 heteroatoms. The number of anilines is 1. The smallest absolute Gasteiger partial charge is 0.257 e. The van der Waals surface area contributed by atoms with Crippen molar-refractivity contribution in [3.8, 4) is 5.69 Å². The molecule has 0 fully saturated rings. The van der Waals surface area contributed by atoms with E-state index in [1.54, 1.807) is 42.4 Å².